The number of rotatable bonds is 6. The Bertz CT molecular complexity index is 1050. The Morgan fingerprint density at radius 3 is 1.75 bits per heavy atom. The lowest BCUT2D eigenvalue weighted by molar-refractivity contribution is -0.162. The Hall–Kier alpha value is -2.51. The van der Waals surface area contributed by atoms with Gasteiger partial charge in [-0.15, -0.1) is 0 Å². The summed E-state index contributed by atoms with van der Waals surface area (Å²) < 4.78 is 96.4. The molecule has 0 spiro atoms. The molecule has 2 fully saturated rings. The topological polar surface area (TPSA) is 9.23 Å². The molecule has 0 aliphatic heterocycles. The standard InChI is InChI=1S/C28H29F7O/c1-16-2-4-17(5-3-16)18-6-8-19(9-7-18)20-10-12-21(13-11-20)22-14-23(29)25(24(30)15-22)36-28(34,35)26(31)27(32)33/h10-19H,2-9H2,1H3. The normalized spacial score (nSPS) is 24.9. The first-order chi connectivity index (χ1) is 17.0. The van der Waals surface area contributed by atoms with E-state index in [1.165, 1.54) is 38.5 Å². The Balaban J connectivity index is 1.42. The second kappa shape index (κ2) is 10.9. The zero-order valence-electron chi connectivity index (χ0n) is 20.0. The molecule has 0 N–H and O–H groups in total. The summed E-state index contributed by atoms with van der Waals surface area (Å²) in [6, 6.07) is 8.70. The van der Waals surface area contributed by atoms with Crippen molar-refractivity contribution in [3.63, 3.8) is 0 Å². The van der Waals surface area contributed by atoms with Crippen LogP contribution in [0.4, 0.5) is 30.7 Å². The van der Waals surface area contributed by atoms with Crippen LogP contribution in [-0.2, 0) is 0 Å². The summed E-state index contributed by atoms with van der Waals surface area (Å²) in [5.74, 6) is -5.07. The van der Waals surface area contributed by atoms with Crippen molar-refractivity contribution in [2.75, 3.05) is 0 Å². The van der Waals surface area contributed by atoms with E-state index in [0.717, 1.165) is 48.3 Å². The number of benzene rings is 2. The zero-order chi connectivity index (χ0) is 26.0. The van der Waals surface area contributed by atoms with Crippen molar-refractivity contribution in [2.45, 2.75) is 70.3 Å². The van der Waals surface area contributed by atoms with E-state index < -0.39 is 35.4 Å². The molecule has 2 aromatic rings. The van der Waals surface area contributed by atoms with Crippen LogP contribution in [0, 0.1) is 29.4 Å². The number of alkyl halides is 2. The highest BCUT2D eigenvalue weighted by molar-refractivity contribution is 5.65. The largest absolute Gasteiger partial charge is 0.459 e. The van der Waals surface area contributed by atoms with Crippen LogP contribution < -0.4 is 4.74 Å². The molecule has 2 aromatic carbocycles. The van der Waals surface area contributed by atoms with Gasteiger partial charge < -0.3 is 4.74 Å². The summed E-state index contributed by atoms with van der Waals surface area (Å²) in [4.78, 5) is 0. The highest BCUT2D eigenvalue weighted by atomic mass is 19.3. The van der Waals surface area contributed by atoms with Crippen molar-refractivity contribution in [2.24, 2.45) is 17.8 Å². The molecule has 2 saturated carbocycles. The molecule has 0 heterocycles. The molecule has 36 heavy (non-hydrogen) atoms. The molecule has 8 heteroatoms. The molecule has 196 valence electrons. The molecule has 2 aliphatic rings. The molecule has 1 nitrogen and oxygen atoms in total. The number of halogens is 7. The van der Waals surface area contributed by atoms with Gasteiger partial charge in [0.25, 0.3) is 5.83 Å². The van der Waals surface area contributed by atoms with Crippen molar-refractivity contribution >= 4 is 0 Å². The third-order valence-electron chi connectivity index (χ3n) is 7.86. The minimum atomic E-state index is -5.21. The fourth-order valence-electron chi connectivity index (χ4n) is 5.74. The van der Waals surface area contributed by atoms with Crippen LogP contribution in [0.1, 0.15) is 69.8 Å². The third-order valence-corrected chi connectivity index (χ3v) is 7.86. The minimum Gasteiger partial charge on any atom is -0.421 e. The number of hydrogen-bond donors (Lipinski definition) is 0. The van der Waals surface area contributed by atoms with Gasteiger partial charge in [-0.3, -0.25) is 0 Å². The molecule has 0 radical (unpaired) electrons. The van der Waals surface area contributed by atoms with E-state index in [0.29, 0.717) is 11.5 Å². The highest BCUT2D eigenvalue weighted by Crippen LogP contribution is 2.44. The second-order valence-electron chi connectivity index (χ2n) is 10.2. The van der Waals surface area contributed by atoms with Crippen LogP contribution in [0.15, 0.2) is 48.3 Å². The Labute approximate surface area is 206 Å². The van der Waals surface area contributed by atoms with E-state index in [2.05, 4.69) is 11.7 Å². The lowest BCUT2D eigenvalue weighted by Crippen LogP contribution is -2.27. The molecular formula is C28H29F7O. The molecule has 2 aliphatic carbocycles. The van der Waals surface area contributed by atoms with Crippen molar-refractivity contribution < 1.29 is 35.5 Å². The van der Waals surface area contributed by atoms with Gasteiger partial charge in [0.15, 0.2) is 17.4 Å². The minimum absolute atomic E-state index is 0.0511. The summed E-state index contributed by atoms with van der Waals surface area (Å²) >= 11 is 0. The van der Waals surface area contributed by atoms with Crippen molar-refractivity contribution in [3.8, 4) is 16.9 Å². The molecule has 4 rings (SSSR count). The Morgan fingerprint density at radius 1 is 0.750 bits per heavy atom. The van der Waals surface area contributed by atoms with E-state index in [-0.39, 0.29) is 5.56 Å². The van der Waals surface area contributed by atoms with Crippen LogP contribution in [-0.4, -0.2) is 6.11 Å². The maximum Gasteiger partial charge on any atom is 0.459 e. The first-order valence-corrected chi connectivity index (χ1v) is 12.4. The molecule has 0 unspecified atom stereocenters. The quantitative estimate of drug-likeness (QED) is 0.349. The van der Waals surface area contributed by atoms with E-state index in [9.17, 15) is 30.7 Å². The summed E-state index contributed by atoms with van der Waals surface area (Å²) in [5.41, 5.74) is 1.64. The monoisotopic (exact) mass is 514 g/mol. The molecule has 0 aromatic heterocycles. The molecule has 0 atom stereocenters. The van der Waals surface area contributed by atoms with E-state index >= 15 is 0 Å². The SMILES string of the molecule is CC1CCC(C2CCC(c3ccc(-c4cc(F)c(OC(F)(F)C(F)=C(F)F)c(F)c4)cc3)CC2)CC1. The molecule has 0 amide bonds. The lowest BCUT2D eigenvalue weighted by Gasteiger charge is -2.37. The highest BCUT2D eigenvalue weighted by Gasteiger charge is 2.44. The maximum absolute atomic E-state index is 14.3. The lowest BCUT2D eigenvalue weighted by atomic mass is 9.68. The van der Waals surface area contributed by atoms with Crippen LogP contribution in [0.5, 0.6) is 5.75 Å². The fourth-order valence-corrected chi connectivity index (χ4v) is 5.74. The van der Waals surface area contributed by atoms with Crippen molar-refractivity contribution in [3.05, 3.63) is 65.5 Å². The predicted octanol–water partition coefficient (Wildman–Crippen LogP) is 9.78. The Morgan fingerprint density at radius 2 is 1.25 bits per heavy atom. The average Bonchev–Trinajstić information content (AvgIpc) is 2.86. The molecule has 0 bridgehead atoms. The summed E-state index contributed by atoms with van der Waals surface area (Å²) in [6.45, 7) is 2.33. The second-order valence-corrected chi connectivity index (χ2v) is 10.2. The van der Waals surface area contributed by atoms with Crippen LogP contribution >= 0.6 is 0 Å². The van der Waals surface area contributed by atoms with E-state index in [1.54, 1.807) is 12.1 Å². The zero-order valence-corrected chi connectivity index (χ0v) is 20.0. The van der Waals surface area contributed by atoms with Gasteiger partial charge in [-0.05, 0) is 91.0 Å². The summed E-state index contributed by atoms with van der Waals surface area (Å²) in [7, 11) is 0. The third kappa shape index (κ3) is 5.89. The van der Waals surface area contributed by atoms with E-state index in [1.807, 2.05) is 12.1 Å². The maximum atomic E-state index is 14.3. The van der Waals surface area contributed by atoms with E-state index in [4.69, 9.17) is 0 Å². The van der Waals surface area contributed by atoms with Crippen molar-refractivity contribution in [1.29, 1.82) is 0 Å². The van der Waals surface area contributed by atoms with Gasteiger partial charge in [0, 0.05) is 0 Å². The Kier molecular flexibility index (Phi) is 8.00. The molecule has 0 saturated heterocycles. The van der Waals surface area contributed by atoms with Gasteiger partial charge >= 0.3 is 12.2 Å². The first-order valence-electron chi connectivity index (χ1n) is 12.4. The average molecular weight is 515 g/mol. The van der Waals surface area contributed by atoms with Gasteiger partial charge in [0.1, 0.15) is 0 Å². The van der Waals surface area contributed by atoms with Gasteiger partial charge in [0.2, 0.25) is 0 Å². The summed E-state index contributed by atoms with van der Waals surface area (Å²) in [6.07, 6.45) is 1.38. The van der Waals surface area contributed by atoms with Crippen molar-refractivity contribution in [1.82, 2.24) is 0 Å². The van der Waals surface area contributed by atoms with Crippen LogP contribution in [0.3, 0.4) is 0 Å². The fraction of sp³-hybridized carbons (Fsp3) is 0.500. The summed E-state index contributed by atoms with van der Waals surface area (Å²) in [5, 5.41) is 0. The molecular weight excluding hydrogens is 485 g/mol. The number of hydrogen-bond acceptors (Lipinski definition) is 1. The van der Waals surface area contributed by atoms with Gasteiger partial charge in [-0.25, -0.2) is 8.78 Å². The number of ether oxygens (including phenoxy) is 1. The van der Waals surface area contributed by atoms with Gasteiger partial charge in [-0.1, -0.05) is 44.0 Å². The van der Waals surface area contributed by atoms with Crippen LogP contribution in [0.25, 0.3) is 11.1 Å². The van der Waals surface area contributed by atoms with Gasteiger partial charge in [0.05, 0.1) is 0 Å². The first kappa shape index (κ1) is 26.6. The van der Waals surface area contributed by atoms with Gasteiger partial charge in [-0.2, -0.15) is 22.0 Å². The smallest absolute Gasteiger partial charge is 0.421 e. The van der Waals surface area contributed by atoms with Crippen LogP contribution in [0.2, 0.25) is 0 Å². The predicted molar refractivity (Wildman–Crippen MR) is 124 cm³/mol.